The van der Waals surface area contributed by atoms with Gasteiger partial charge in [0.05, 0.1) is 5.60 Å². The highest BCUT2D eigenvalue weighted by atomic mass is 16.4. The molecule has 4 N–H and O–H groups in total. The highest BCUT2D eigenvalue weighted by molar-refractivity contribution is 5.89. The van der Waals surface area contributed by atoms with Crippen LogP contribution in [-0.4, -0.2) is 46.5 Å². The number of likely N-dealkylation sites (N-methyl/N-ethyl adjacent to an activating group) is 1. The lowest BCUT2D eigenvalue weighted by molar-refractivity contribution is -0.134. The van der Waals surface area contributed by atoms with Crippen molar-refractivity contribution < 1.29 is 24.9 Å². The molecule has 3 aliphatic carbocycles. The minimum Gasteiger partial charge on any atom is -0.478 e. The number of hydrogen-bond donors (Lipinski definition) is 4. The molecule has 3 aliphatic rings. The van der Waals surface area contributed by atoms with Crippen LogP contribution in [0.2, 0.25) is 0 Å². The van der Waals surface area contributed by atoms with Gasteiger partial charge in [-0.3, -0.25) is 0 Å². The monoisotopic (exact) mass is 311 g/mol. The van der Waals surface area contributed by atoms with Crippen LogP contribution in [0.25, 0.3) is 0 Å². The predicted molar refractivity (Wildman–Crippen MR) is 80.3 cm³/mol. The van der Waals surface area contributed by atoms with E-state index in [1.54, 1.807) is 0 Å². The average molecular weight is 311 g/mol. The van der Waals surface area contributed by atoms with Gasteiger partial charge in [-0.1, -0.05) is 0 Å². The summed E-state index contributed by atoms with van der Waals surface area (Å²) in [7, 11) is 1.96. The van der Waals surface area contributed by atoms with Crippen molar-refractivity contribution in [1.82, 2.24) is 5.32 Å². The van der Waals surface area contributed by atoms with Crippen LogP contribution >= 0.6 is 0 Å². The summed E-state index contributed by atoms with van der Waals surface area (Å²) in [6, 6.07) is 0. The Morgan fingerprint density at radius 2 is 1.68 bits per heavy atom. The lowest BCUT2D eigenvalue weighted by atomic mass is 9.65. The lowest BCUT2D eigenvalue weighted by Crippen LogP contribution is -2.51. The maximum Gasteiger partial charge on any atom is 0.328 e. The summed E-state index contributed by atoms with van der Waals surface area (Å²) in [5.74, 6) is 0.731. The van der Waals surface area contributed by atoms with Gasteiger partial charge in [0, 0.05) is 18.7 Å². The Bertz CT molecular complexity index is 445. The SMILES string of the molecule is CNCC1(O)CC2CC3CC(C2)C1C3.O=C(O)/C=C\C(=O)O. The summed E-state index contributed by atoms with van der Waals surface area (Å²) in [4.78, 5) is 19.1. The Morgan fingerprint density at radius 3 is 2.23 bits per heavy atom. The molecule has 6 nitrogen and oxygen atoms in total. The molecule has 5 unspecified atom stereocenters. The second-order valence-electron chi connectivity index (χ2n) is 6.89. The molecule has 0 heterocycles. The summed E-state index contributed by atoms with van der Waals surface area (Å²) in [5, 5.41) is 29.5. The number of carbonyl (C=O) groups is 2. The van der Waals surface area contributed by atoms with Gasteiger partial charge in [-0.25, -0.2) is 9.59 Å². The van der Waals surface area contributed by atoms with E-state index in [0.717, 1.165) is 30.7 Å². The van der Waals surface area contributed by atoms with Gasteiger partial charge in [0.2, 0.25) is 0 Å². The summed E-state index contributed by atoms with van der Waals surface area (Å²) in [5.41, 5.74) is -0.367. The van der Waals surface area contributed by atoms with Gasteiger partial charge in [-0.15, -0.1) is 0 Å². The average Bonchev–Trinajstić information content (AvgIpc) is 2.67. The second kappa shape index (κ2) is 6.79. The number of carboxylic acid groups (broad SMARTS) is 2. The van der Waals surface area contributed by atoms with E-state index in [2.05, 4.69) is 5.32 Å². The van der Waals surface area contributed by atoms with Crippen LogP contribution in [0, 0.1) is 23.7 Å². The Kier molecular flexibility index (Phi) is 5.24. The molecule has 3 saturated carbocycles. The van der Waals surface area contributed by atoms with Crippen molar-refractivity contribution in [3.8, 4) is 0 Å². The van der Waals surface area contributed by atoms with Gasteiger partial charge in [-0.05, 0) is 62.8 Å². The zero-order valence-electron chi connectivity index (χ0n) is 12.9. The number of aliphatic hydroxyl groups is 1. The van der Waals surface area contributed by atoms with E-state index >= 15 is 0 Å². The quantitative estimate of drug-likeness (QED) is 0.579. The number of carboxylic acids is 2. The smallest absolute Gasteiger partial charge is 0.328 e. The summed E-state index contributed by atoms with van der Waals surface area (Å²) >= 11 is 0. The van der Waals surface area contributed by atoms with E-state index < -0.39 is 11.9 Å². The van der Waals surface area contributed by atoms with Gasteiger partial charge in [0.15, 0.2) is 0 Å². The summed E-state index contributed by atoms with van der Waals surface area (Å²) < 4.78 is 0. The first-order valence-corrected chi connectivity index (χ1v) is 7.85. The zero-order chi connectivity index (χ0) is 16.3. The first-order chi connectivity index (χ1) is 10.3. The third-order valence-corrected chi connectivity index (χ3v) is 5.28. The molecular formula is C16H25NO5. The molecule has 3 fully saturated rings. The molecule has 0 aromatic carbocycles. The van der Waals surface area contributed by atoms with Gasteiger partial charge in [0.1, 0.15) is 0 Å². The molecule has 0 radical (unpaired) electrons. The van der Waals surface area contributed by atoms with Crippen LogP contribution < -0.4 is 5.32 Å². The van der Waals surface area contributed by atoms with E-state index in [1.165, 1.54) is 25.7 Å². The van der Waals surface area contributed by atoms with Crippen molar-refractivity contribution in [2.75, 3.05) is 13.6 Å². The second-order valence-corrected chi connectivity index (χ2v) is 6.89. The van der Waals surface area contributed by atoms with Crippen LogP contribution in [0.15, 0.2) is 12.2 Å². The molecular weight excluding hydrogens is 286 g/mol. The van der Waals surface area contributed by atoms with Crippen molar-refractivity contribution >= 4 is 11.9 Å². The van der Waals surface area contributed by atoms with Crippen LogP contribution in [0.3, 0.4) is 0 Å². The predicted octanol–water partition coefficient (Wildman–Crippen LogP) is 1.10. The van der Waals surface area contributed by atoms with Crippen molar-refractivity contribution in [1.29, 1.82) is 0 Å². The van der Waals surface area contributed by atoms with Crippen molar-refractivity contribution in [3.63, 3.8) is 0 Å². The minimum absolute atomic E-state index is 0.367. The van der Waals surface area contributed by atoms with E-state index in [4.69, 9.17) is 10.2 Å². The Hall–Kier alpha value is -1.40. The van der Waals surface area contributed by atoms with Gasteiger partial charge in [-0.2, -0.15) is 0 Å². The van der Waals surface area contributed by atoms with Crippen LogP contribution in [0.1, 0.15) is 32.1 Å². The molecule has 0 aromatic rings. The molecule has 0 saturated heterocycles. The van der Waals surface area contributed by atoms with Gasteiger partial charge in [0.25, 0.3) is 0 Å². The van der Waals surface area contributed by atoms with Crippen LogP contribution in [0.4, 0.5) is 0 Å². The zero-order valence-corrected chi connectivity index (χ0v) is 12.9. The van der Waals surface area contributed by atoms with Crippen LogP contribution in [-0.2, 0) is 9.59 Å². The highest BCUT2D eigenvalue weighted by Gasteiger charge is 2.55. The number of hydrogen-bond acceptors (Lipinski definition) is 4. The highest BCUT2D eigenvalue weighted by Crippen LogP contribution is 2.58. The molecule has 0 aromatic heterocycles. The maximum atomic E-state index is 10.7. The molecule has 3 rings (SSSR count). The molecule has 0 spiro atoms. The van der Waals surface area contributed by atoms with Gasteiger partial charge < -0.3 is 20.6 Å². The first-order valence-electron chi connectivity index (χ1n) is 7.85. The standard InChI is InChI=1S/C12H21NO.C4H4O4/c1-13-7-12(14)6-9-2-8-3-10(4-9)11(12)5-8;5-3(6)1-2-4(7)8/h8-11,13-14H,2-7H2,1H3;1-2H,(H,5,6)(H,7,8)/b;2-1-. The third kappa shape index (κ3) is 3.87. The van der Waals surface area contributed by atoms with E-state index in [9.17, 15) is 14.7 Å². The van der Waals surface area contributed by atoms with Crippen molar-refractivity contribution in [3.05, 3.63) is 12.2 Å². The van der Waals surface area contributed by atoms with Crippen molar-refractivity contribution in [2.45, 2.75) is 37.7 Å². The van der Waals surface area contributed by atoms with E-state index in [0.29, 0.717) is 18.1 Å². The maximum absolute atomic E-state index is 10.7. The Morgan fingerprint density at radius 1 is 1.09 bits per heavy atom. The molecule has 6 heteroatoms. The first kappa shape index (κ1) is 17.0. The Labute approximate surface area is 130 Å². The van der Waals surface area contributed by atoms with E-state index in [-0.39, 0.29) is 5.60 Å². The lowest BCUT2D eigenvalue weighted by Gasteiger charge is -2.45. The van der Waals surface area contributed by atoms with Crippen molar-refractivity contribution in [2.24, 2.45) is 23.7 Å². The fraction of sp³-hybridized carbons (Fsp3) is 0.750. The molecule has 0 aliphatic heterocycles. The van der Waals surface area contributed by atoms with E-state index in [1.807, 2.05) is 7.05 Å². The minimum atomic E-state index is -1.26. The molecule has 3 bridgehead atoms. The largest absolute Gasteiger partial charge is 0.478 e. The number of aliphatic carboxylic acids is 2. The fourth-order valence-corrected chi connectivity index (χ4v) is 4.82. The molecule has 5 atom stereocenters. The number of fused-ring (bicyclic) bond motifs is 2. The van der Waals surface area contributed by atoms with Gasteiger partial charge >= 0.3 is 11.9 Å². The topological polar surface area (TPSA) is 107 Å². The molecule has 22 heavy (non-hydrogen) atoms. The third-order valence-electron chi connectivity index (χ3n) is 5.28. The molecule has 0 amide bonds. The summed E-state index contributed by atoms with van der Waals surface area (Å²) in [6.45, 7) is 0.803. The number of nitrogens with one attached hydrogen (secondary N) is 1. The summed E-state index contributed by atoms with van der Waals surface area (Å²) in [6.07, 6.45) is 7.70. The van der Waals surface area contributed by atoms with Crippen LogP contribution in [0.5, 0.6) is 0 Å². The molecule has 124 valence electrons. The number of rotatable bonds is 4. The Balaban J connectivity index is 0.000000192. The fourth-order valence-electron chi connectivity index (χ4n) is 4.82. The normalized spacial score (nSPS) is 38.6.